The number of nitrogens with one attached hydrogen (secondary N) is 2. The van der Waals surface area contributed by atoms with Crippen LogP contribution in [0.4, 0.5) is 0 Å². The Balaban J connectivity index is 2.44. The number of guanidine groups is 1. The minimum Gasteiger partial charge on any atom is -0.373 e. The van der Waals surface area contributed by atoms with Crippen molar-refractivity contribution in [3.63, 3.8) is 0 Å². The summed E-state index contributed by atoms with van der Waals surface area (Å²) in [6.07, 6.45) is 2.27. The predicted molar refractivity (Wildman–Crippen MR) is 72.4 cm³/mol. The third kappa shape index (κ3) is 5.39. The lowest BCUT2D eigenvalue weighted by Gasteiger charge is -2.21. The van der Waals surface area contributed by atoms with Crippen LogP contribution in [0.25, 0.3) is 0 Å². The Labute approximate surface area is 105 Å². The molecule has 0 amide bonds. The van der Waals surface area contributed by atoms with E-state index in [0.717, 1.165) is 45.0 Å². The molecule has 4 heteroatoms. The van der Waals surface area contributed by atoms with Crippen molar-refractivity contribution in [3.05, 3.63) is 0 Å². The molecular formula is C13H27N3O. The van der Waals surface area contributed by atoms with Gasteiger partial charge in [0.25, 0.3) is 0 Å². The lowest BCUT2D eigenvalue weighted by molar-refractivity contribution is 0.0283. The Hall–Kier alpha value is -0.770. The minimum absolute atomic E-state index is 0.0554. The number of rotatable bonds is 5. The van der Waals surface area contributed by atoms with E-state index >= 15 is 0 Å². The van der Waals surface area contributed by atoms with Crippen molar-refractivity contribution in [1.82, 2.24) is 10.6 Å². The standard InChI is InChI=1S/C13H27N3O/c1-5-14-12(15-9-11(2)3)16-10-13(4)7-6-8-17-13/h11H,5-10H2,1-4H3,(H2,14,15,16). The van der Waals surface area contributed by atoms with Crippen LogP contribution in [-0.2, 0) is 4.74 Å². The first-order chi connectivity index (χ1) is 8.06. The third-order valence-electron chi connectivity index (χ3n) is 2.89. The minimum atomic E-state index is -0.0554. The fourth-order valence-corrected chi connectivity index (χ4v) is 1.85. The van der Waals surface area contributed by atoms with E-state index in [9.17, 15) is 0 Å². The summed E-state index contributed by atoms with van der Waals surface area (Å²) in [5.74, 6) is 1.52. The van der Waals surface area contributed by atoms with Crippen molar-refractivity contribution in [2.45, 2.75) is 46.1 Å². The number of hydrogen-bond donors (Lipinski definition) is 2. The van der Waals surface area contributed by atoms with Gasteiger partial charge in [0.1, 0.15) is 0 Å². The Morgan fingerprint density at radius 1 is 1.41 bits per heavy atom. The molecule has 0 spiro atoms. The summed E-state index contributed by atoms with van der Waals surface area (Å²) >= 11 is 0. The molecule has 0 radical (unpaired) electrons. The van der Waals surface area contributed by atoms with Gasteiger partial charge >= 0.3 is 0 Å². The molecule has 0 saturated carbocycles. The molecular weight excluding hydrogens is 214 g/mol. The van der Waals surface area contributed by atoms with Crippen LogP contribution in [0.1, 0.15) is 40.5 Å². The van der Waals surface area contributed by atoms with Crippen LogP contribution < -0.4 is 10.6 Å². The number of aliphatic imine (C=N–C) groups is 1. The normalized spacial score (nSPS) is 25.4. The first kappa shape index (κ1) is 14.3. The zero-order valence-corrected chi connectivity index (χ0v) is 11.7. The summed E-state index contributed by atoms with van der Waals surface area (Å²) in [5.41, 5.74) is -0.0554. The maximum atomic E-state index is 5.73. The second-order valence-corrected chi connectivity index (χ2v) is 5.37. The zero-order chi connectivity index (χ0) is 12.7. The second-order valence-electron chi connectivity index (χ2n) is 5.37. The van der Waals surface area contributed by atoms with E-state index in [-0.39, 0.29) is 5.60 Å². The lowest BCUT2D eigenvalue weighted by atomic mass is 10.0. The van der Waals surface area contributed by atoms with Gasteiger partial charge in [0.15, 0.2) is 5.96 Å². The third-order valence-corrected chi connectivity index (χ3v) is 2.89. The van der Waals surface area contributed by atoms with E-state index in [1.54, 1.807) is 0 Å². The second kappa shape index (κ2) is 6.84. The maximum absolute atomic E-state index is 5.73. The summed E-state index contributed by atoms with van der Waals surface area (Å²) in [7, 11) is 0. The molecule has 1 fully saturated rings. The molecule has 4 nitrogen and oxygen atoms in total. The van der Waals surface area contributed by atoms with E-state index in [4.69, 9.17) is 4.74 Å². The van der Waals surface area contributed by atoms with E-state index in [1.807, 2.05) is 0 Å². The van der Waals surface area contributed by atoms with Gasteiger partial charge in [-0.3, -0.25) is 4.99 Å². The predicted octanol–water partition coefficient (Wildman–Crippen LogP) is 1.77. The smallest absolute Gasteiger partial charge is 0.191 e. The number of nitrogens with zero attached hydrogens (tertiary/aromatic N) is 1. The van der Waals surface area contributed by atoms with Gasteiger partial charge in [0.05, 0.1) is 12.1 Å². The quantitative estimate of drug-likeness (QED) is 0.569. The van der Waals surface area contributed by atoms with Crippen molar-refractivity contribution in [2.75, 3.05) is 26.2 Å². The Morgan fingerprint density at radius 3 is 2.71 bits per heavy atom. The van der Waals surface area contributed by atoms with Crippen LogP contribution in [0.5, 0.6) is 0 Å². The summed E-state index contributed by atoms with van der Waals surface area (Å²) in [5, 5.41) is 6.61. The average molecular weight is 241 g/mol. The van der Waals surface area contributed by atoms with Crippen molar-refractivity contribution in [2.24, 2.45) is 10.9 Å². The van der Waals surface area contributed by atoms with Gasteiger partial charge in [-0.1, -0.05) is 13.8 Å². The molecule has 0 aromatic heterocycles. The number of hydrogen-bond acceptors (Lipinski definition) is 2. The molecule has 1 aliphatic heterocycles. The van der Waals surface area contributed by atoms with Crippen molar-refractivity contribution in [1.29, 1.82) is 0 Å². The molecule has 1 saturated heterocycles. The SMILES string of the molecule is CCNC(=NCC1(C)CCCO1)NCC(C)C. The van der Waals surface area contributed by atoms with Crippen LogP contribution in [0.2, 0.25) is 0 Å². The van der Waals surface area contributed by atoms with Gasteiger partial charge in [0.2, 0.25) is 0 Å². The molecule has 1 atom stereocenters. The molecule has 0 aromatic rings. The zero-order valence-electron chi connectivity index (χ0n) is 11.7. The molecule has 1 aliphatic rings. The summed E-state index contributed by atoms with van der Waals surface area (Å²) in [6, 6.07) is 0. The van der Waals surface area contributed by atoms with Crippen molar-refractivity contribution >= 4 is 5.96 Å². The van der Waals surface area contributed by atoms with Crippen LogP contribution in [-0.4, -0.2) is 37.8 Å². The fourth-order valence-electron chi connectivity index (χ4n) is 1.85. The van der Waals surface area contributed by atoms with Gasteiger partial charge in [0, 0.05) is 19.7 Å². The van der Waals surface area contributed by atoms with Crippen molar-refractivity contribution < 1.29 is 4.74 Å². The van der Waals surface area contributed by atoms with Crippen LogP contribution in [0.3, 0.4) is 0 Å². The van der Waals surface area contributed by atoms with Crippen LogP contribution in [0, 0.1) is 5.92 Å². The lowest BCUT2D eigenvalue weighted by Crippen LogP contribution is -2.40. The highest BCUT2D eigenvalue weighted by atomic mass is 16.5. The highest BCUT2D eigenvalue weighted by molar-refractivity contribution is 5.79. The largest absolute Gasteiger partial charge is 0.373 e. The first-order valence-corrected chi connectivity index (χ1v) is 6.72. The van der Waals surface area contributed by atoms with Gasteiger partial charge in [-0.15, -0.1) is 0 Å². The molecule has 1 heterocycles. The van der Waals surface area contributed by atoms with Gasteiger partial charge in [-0.25, -0.2) is 0 Å². The Morgan fingerprint density at radius 2 is 2.18 bits per heavy atom. The number of ether oxygens (including phenoxy) is 1. The molecule has 1 rings (SSSR count). The molecule has 17 heavy (non-hydrogen) atoms. The molecule has 0 aromatic carbocycles. The molecule has 1 unspecified atom stereocenters. The van der Waals surface area contributed by atoms with Crippen molar-refractivity contribution in [3.8, 4) is 0 Å². The van der Waals surface area contributed by atoms with Crippen LogP contribution >= 0.6 is 0 Å². The Bertz CT molecular complexity index is 245. The summed E-state index contributed by atoms with van der Waals surface area (Å²) in [6.45, 7) is 12.1. The molecule has 100 valence electrons. The maximum Gasteiger partial charge on any atom is 0.191 e. The van der Waals surface area contributed by atoms with Gasteiger partial charge in [-0.05, 0) is 32.6 Å². The topological polar surface area (TPSA) is 45.7 Å². The first-order valence-electron chi connectivity index (χ1n) is 6.72. The van der Waals surface area contributed by atoms with Crippen LogP contribution in [0.15, 0.2) is 4.99 Å². The Kier molecular flexibility index (Phi) is 5.75. The monoisotopic (exact) mass is 241 g/mol. The van der Waals surface area contributed by atoms with E-state index in [1.165, 1.54) is 0 Å². The molecule has 0 bridgehead atoms. The van der Waals surface area contributed by atoms with Gasteiger partial charge < -0.3 is 15.4 Å². The summed E-state index contributed by atoms with van der Waals surface area (Å²) in [4.78, 5) is 4.61. The molecule has 0 aliphatic carbocycles. The highest BCUT2D eigenvalue weighted by Crippen LogP contribution is 2.24. The average Bonchev–Trinajstić information content (AvgIpc) is 2.70. The van der Waals surface area contributed by atoms with E-state index in [2.05, 4.69) is 43.3 Å². The van der Waals surface area contributed by atoms with E-state index in [0.29, 0.717) is 5.92 Å². The highest BCUT2D eigenvalue weighted by Gasteiger charge is 2.29. The summed E-state index contributed by atoms with van der Waals surface area (Å²) < 4.78 is 5.73. The van der Waals surface area contributed by atoms with Gasteiger partial charge in [-0.2, -0.15) is 0 Å². The fraction of sp³-hybridized carbons (Fsp3) is 0.923. The molecule has 2 N–H and O–H groups in total. The van der Waals surface area contributed by atoms with E-state index < -0.39 is 0 Å².